The maximum Gasteiger partial charge on any atom is 0.339 e. The van der Waals surface area contributed by atoms with Gasteiger partial charge in [-0.2, -0.15) is 4.98 Å². The van der Waals surface area contributed by atoms with Crippen LogP contribution in [0.2, 0.25) is 0 Å². The second-order valence-corrected chi connectivity index (χ2v) is 7.50. The summed E-state index contributed by atoms with van der Waals surface area (Å²) >= 11 is 1.11. The molecule has 2 heterocycles. The molecule has 0 saturated carbocycles. The number of nitrogens with zero attached hydrogens (tertiary/aromatic N) is 2. The summed E-state index contributed by atoms with van der Waals surface area (Å²) in [4.78, 5) is 40.7. The van der Waals surface area contributed by atoms with E-state index in [2.05, 4.69) is 10.3 Å². The number of nitrogens with one attached hydrogen (secondary N) is 1. The Labute approximate surface area is 149 Å². The summed E-state index contributed by atoms with van der Waals surface area (Å²) in [7, 11) is 2.48. The number of fused-ring (bicyclic) bond motifs is 1. The third-order valence-electron chi connectivity index (χ3n) is 3.41. The Morgan fingerprint density at radius 1 is 1.28 bits per heavy atom. The van der Waals surface area contributed by atoms with Gasteiger partial charge in [-0.1, -0.05) is 0 Å². The topological polar surface area (TPSA) is 99.5 Å². The molecule has 1 aliphatic heterocycles. The molecule has 136 valence electrons. The molecular formula is C16H21N3O5S. The molecule has 0 aromatic carbocycles. The number of methoxy groups -OCH3 is 2. The van der Waals surface area contributed by atoms with E-state index in [1.807, 2.05) is 20.8 Å². The van der Waals surface area contributed by atoms with Crippen molar-refractivity contribution in [1.82, 2.24) is 14.9 Å². The number of carbonyl (C=O) groups is 2. The van der Waals surface area contributed by atoms with Crippen LogP contribution in [-0.2, 0) is 19.1 Å². The molecule has 1 unspecified atom stereocenters. The first-order chi connectivity index (χ1) is 11.6. The lowest BCUT2D eigenvalue weighted by Crippen LogP contribution is -2.41. The zero-order valence-corrected chi connectivity index (χ0v) is 15.8. The van der Waals surface area contributed by atoms with Crippen molar-refractivity contribution in [2.45, 2.75) is 44.4 Å². The SMILES string of the molecule is COC(=O)C1=C(NC(C)(C)C)Sc2nc(=O)cc(C)n2C1C(=O)OC. The molecule has 1 atom stereocenters. The number of rotatable bonds is 3. The number of aromatic nitrogens is 2. The molecule has 1 aliphatic rings. The first kappa shape index (κ1) is 19.0. The monoisotopic (exact) mass is 367 g/mol. The highest BCUT2D eigenvalue weighted by Gasteiger charge is 2.40. The Balaban J connectivity index is 2.77. The molecule has 25 heavy (non-hydrogen) atoms. The summed E-state index contributed by atoms with van der Waals surface area (Å²) in [6.07, 6.45) is 0. The summed E-state index contributed by atoms with van der Waals surface area (Å²) in [5.41, 5.74) is -0.199. The predicted octanol–water partition coefficient (Wildman–Crippen LogP) is 1.14. The van der Waals surface area contributed by atoms with Crippen LogP contribution in [0.5, 0.6) is 0 Å². The van der Waals surface area contributed by atoms with E-state index >= 15 is 0 Å². The Morgan fingerprint density at radius 2 is 1.92 bits per heavy atom. The maximum absolute atomic E-state index is 12.5. The molecule has 2 rings (SSSR count). The molecule has 8 nitrogen and oxygen atoms in total. The number of aryl methyl sites for hydroxylation is 1. The Bertz CT molecular complexity index is 807. The standard InChI is InChI=1S/C16H21N3O5S/c1-8-7-9(20)17-15-19(8)11(14(22)24-6)10(13(21)23-5)12(25-15)18-16(2,3)4/h7,11,18H,1-6H3. The van der Waals surface area contributed by atoms with Crippen LogP contribution in [-0.4, -0.2) is 41.2 Å². The van der Waals surface area contributed by atoms with Gasteiger partial charge < -0.3 is 19.4 Å². The van der Waals surface area contributed by atoms with Crippen molar-refractivity contribution in [1.29, 1.82) is 0 Å². The van der Waals surface area contributed by atoms with Crippen molar-refractivity contribution in [3.63, 3.8) is 0 Å². The number of hydrogen-bond donors (Lipinski definition) is 1. The van der Waals surface area contributed by atoms with Gasteiger partial charge in [0.15, 0.2) is 11.2 Å². The Hall–Kier alpha value is -2.29. The molecule has 1 N–H and O–H groups in total. The van der Waals surface area contributed by atoms with Gasteiger partial charge in [-0.25, -0.2) is 9.59 Å². The van der Waals surface area contributed by atoms with E-state index in [1.165, 1.54) is 24.9 Å². The quantitative estimate of drug-likeness (QED) is 0.627. The molecule has 0 amide bonds. The third kappa shape index (κ3) is 3.87. The molecule has 1 aromatic heterocycles. The molecule has 0 spiro atoms. The first-order valence-corrected chi connectivity index (χ1v) is 8.37. The lowest BCUT2D eigenvalue weighted by atomic mass is 10.1. The van der Waals surface area contributed by atoms with Crippen molar-refractivity contribution in [3.05, 3.63) is 32.7 Å². The van der Waals surface area contributed by atoms with Crippen LogP contribution >= 0.6 is 11.8 Å². The van der Waals surface area contributed by atoms with Gasteiger partial charge in [0, 0.05) is 17.3 Å². The summed E-state index contributed by atoms with van der Waals surface area (Å²) < 4.78 is 11.3. The van der Waals surface area contributed by atoms with Crippen LogP contribution in [0.25, 0.3) is 0 Å². The number of thioether (sulfide) groups is 1. The highest BCUT2D eigenvalue weighted by atomic mass is 32.2. The molecule has 0 aliphatic carbocycles. The second kappa shape index (κ2) is 6.91. The minimum Gasteiger partial charge on any atom is -0.467 e. The van der Waals surface area contributed by atoms with Gasteiger partial charge in [0.05, 0.1) is 19.2 Å². The number of ether oxygens (including phenoxy) is 2. The summed E-state index contributed by atoms with van der Waals surface area (Å²) in [5, 5.41) is 3.91. The first-order valence-electron chi connectivity index (χ1n) is 7.55. The lowest BCUT2D eigenvalue weighted by molar-refractivity contribution is -0.147. The molecular weight excluding hydrogens is 346 g/mol. The van der Waals surface area contributed by atoms with E-state index < -0.39 is 29.1 Å². The third-order valence-corrected chi connectivity index (χ3v) is 4.41. The van der Waals surface area contributed by atoms with Crippen LogP contribution in [0.1, 0.15) is 32.5 Å². The summed E-state index contributed by atoms with van der Waals surface area (Å²) in [6, 6.07) is 0.212. The largest absolute Gasteiger partial charge is 0.467 e. The number of esters is 2. The van der Waals surface area contributed by atoms with Gasteiger partial charge in [0.1, 0.15) is 5.57 Å². The van der Waals surface area contributed by atoms with Gasteiger partial charge in [0.2, 0.25) is 0 Å². The van der Waals surface area contributed by atoms with Crippen molar-refractivity contribution in [2.24, 2.45) is 0 Å². The van der Waals surface area contributed by atoms with Crippen molar-refractivity contribution in [2.75, 3.05) is 14.2 Å². The fraction of sp³-hybridized carbons (Fsp3) is 0.500. The van der Waals surface area contributed by atoms with Crippen LogP contribution < -0.4 is 10.9 Å². The minimum atomic E-state index is -1.09. The molecule has 0 saturated heterocycles. The Morgan fingerprint density at radius 3 is 2.44 bits per heavy atom. The van der Waals surface area contributed by atoms with E-state index in [9.17, 15) is 14.4 Å². The number of hydrogen-bond acceptors (Lipinski definition) is 8. The van der Waals surface area contributed by atoms with Crippen molar-refractivity contribution < 1.29 is 19.1 Å². The fourth-order valence-electron chi connectivity index (χ4n) is 2.45. The van der Waals surface area contributed by atoms with Gasteiger partial charge in [-0.05, 0) is 39.5 Å². The zero-order valence-electron chi connectivity index (χ0n) is 15.0. The minimum absolute atomic E-state index is 0.121. The van der Waals surface area contributed by atoms with Gasteiger partial charge in [-0.3, -0.25) is 4.79 Å². The second-order valence-electron chi connectivity index (χ2n) is 6.53. The van der Waals surface area contributed by atoms with Gasteiger partial charge >= 0.3 is 11.9 Å². The van der Waals surface area contributed by atoms with Crippen LogP contribution in [0.15, 0.2) is 26.6 Å². The highest BCUT2D eigenvalue weighted by Crippen LogP contribution is 2.40. The molecule has 0 bridgehead atoms. The van der Waals surface area contributed by atoms with Gasteiger partial charge in [-0.15, -0.1) is 0 Å². The fourth-order valence-corrected chi connectivity index (χ4v) is 3.78. The lowest BCUT2D eigenvalue weighted by Gasteiger charge is -2.33. The van der Waals surface area contributed by atoms with E-state index in [0.717, 1.165) is 11.8 Å². The molecule has 1 aromatic rings. The zero-order chi connectivity index (χ0) is 18.9. The maximum atomic E-state index is 12.5. The van der Waals surface area contributed by atoms with Crippen LogP contribution in [0.4, 0.5) is 0 Å². The average molecular weight is 367 g/mol. The van der Waals surface area contributed by atoms with Crippen molar-refractivity contribution >= 4 is 23.7 Å². The summed E-state index contributed by atoms with van der Waals surface area (Å²) in [5.74, 6) is -1.30. The number of carbonyl (C=O) groups excluding carboxylic acids is 2. The molecule has 9 heteroatoms. The normalized spacial score (nSPS) is 17.0. The summed E-state index contributed by atoms with van der Waals surface area (Å²) in [6.45, 7) is 7.40. The van der Waals surface area contributed by atoms with E-state index in [0.29, 0.717) is 15.9 Å². The van der Waals surface area contributed by atoms with E-state index in [1.54, 1.807) is 6.92 Å². The molecule has 0 fully saturated rings. The van der Waals surface area contributed by atoms with Crippen LogP contribution in [0, 0.1) is 6.92 Å². The average Bonchev–Trinajstić information content (AvgIpc) is 2.50. The van der Waals surface area contributed by atoms with Crippen molar-refractivity contribution in [3.8, 4) is 0 Å². The van der Waals surface area contributed by atoms with E-state index in [4.69, 9.17) is 9.47 Å². The predicted molar refractivity (Wildman–Crippen MR) is 92.1 cm³/mol. The molecule has 0 radical (unpaired) electrons. The van der Waals surface area contributed by atoms with E-state index in [-0.39, 0.29) is 5.57 Å². The smallest absolute Gasteiger partial charge is 0.339 e. The Kier molecular flexibility index (Phi) is 5.26. The highest BCUT2D eigenvalue weighted by molar-refractivity contribution is 8.03. The van der Waals surface area contributed by atoms with Crippen LogP contribution in [0.3, 0.4) is 0 Å². The van der Waals surface area contributed by atoms with Gasteiger partial charge in [0.25, 0.3) is 5.56 Å².